The molecule has 1 saturated heterocycles. The van der Waals surface area contributed by atoms with Crippen LogP contribution < -0.4 is 5.32 Å². The van der Waals surface area contributed by atoms with Crippen molar-refractivity contribution in [2.24, 2.45) is 5.41 Å². The summed E-state index contributed by atoms with van der Waals surface area (Å²) in [6.45, 7) is 3.14. The van der Waals surface area contributed by atoms with Crippen molar-refractivity contribution in [1.29, 1.82) is 0 Å². The molecule has 1 N–H and O–H groups in total. The molecule has 2 fully saturated rings. The van der Waals surface area contributed by atoms with Crippen molar-refractivity contribution >= 4 is 17.6 Å². The van der Waals surface area contributed by atoms with Gasteiger partial charge in [-0.2, -0.15) is 0 Å². The number of carbonyl (C=O) groups is 1. The zero-order valence-corrected chi connectivity index (χ0v) is 14.6. The minimum atomic E-state index is 0.0238. The highest BCUT2D eigenvalue weighted by Crippen LogP contribution is 2.49. The van der Waals surface area contributed by atoms with Crippen LogP contribution in [-0.2, 0) is 6.54 Å². The first-order chi connectivity index (χ1) is 11.0. The molecule has 5 nitrogen and oxygen atoms in total. The first-order valence-corrected chi connectivity index (χ1v) is 8.63. The number of halogens is 1. The third-order valence-electron chi connectivity index (χ3n) is 5.18. The normalized spacial score (nSPS) is 21.0. The Morgan fingerprint density at radius 1 is 1.39 bits per heavy atom. The third-order valence-corrected chi connectivity index (χ3v) is 5.38. The lowest BCUT2D eigenvalue weighted by Gasteiger charge is -2.52. The van der Waals surface area contributed by atoms with Gasteiger partial charge in [-0.05, 0) is 55.8 Å². The number of hydrogen-bond acceptors (Lipinski definition) is 3. The summed E-state index contributed by atoms with van der Waals surface area (Å²) < 4.78 is 0. The van der Waals surface area contributed by atoms with Gasteiger partial charge in [0.1, 0.15) is 0 Å². The van der Waals surface area contributed by atoms with E-state index in [2.05, 4.69) is 15.2 Å². The minimum absolute atomic E-state index is 0.0238. The highest BCUT2D eigenvalue weighted by atomic mass is 35.5. The van der Waals surface area contributed by atoms with Crippen LogP contribution in [-0.4, -0.2) is 54.0 Å². The Labute approximate surface area is 143 Å². The quantitative estimate of drug-likeness (QED) is 0.923. The summed E-state index contributed by atoms with van der Waals surface area (Å²) in [5.41, 5.74) is 1.63. The fourth-order valence-electron chi connectivity index (χ4n) is 3.79. The van der Waals surface area contributed by atoms with E-state index in [9.17, 15) is 4.79 Å². The topological polar surface area (TPSA) is 48.5 Å². The highest BCUT2D eigenvalue weighted by molar-refractivity contribution is 6.30. The molecule has 2 aliphatic rings. The average molecular weight is 337 g/mol. The maximum Gasteiger partial charge on any atom is 0.317 e. The van der Waals surface area contributed by atoms with Crippen LogP contribution in [0.3, 0.4) is 0 Å². The van der Waals surface area contributed by atoms with E-state index in [-0.39, 0.29) is 6.03 Å². The summed E-state index contributed by atoms with van der Waals surface area (Å²) in [5.74, 6) is 0. The molecule has 126 valence electrons. The van der Waals surface area contributed by atoms with E-state index in [1.807, 2.05) is 12.3 Å². The maximum atomic E-state index is 11.7. The number of carbonyl (C=O) groups excluding carboxylic acids is 1. The number of aromatic nitrogens is 1. The highest BCUT2D eigenvalue weighted by Gasteiger charge is 2.46. The molecule has 0 atom stereocenters. The molecule has 6 heteroatoms. The third kappa shape index (κ3) is 3.96. The summed E-state index contributed by atoms with van der Waals surface area (Å²) in [6, 6.07) is 2.37. The molecule has 0 radical (unpaired) electrons. The van der Waals surface area contributed by atoms with Crippen LogP contribution in [0, 0.1) is 5.41 Å². The number of likely N-dealkylation sites (tertiary alicyclic amines) is 1. The van der Waals surface area contributed by atoms with E-state index in [1.54, 1.807) is 25.2 Å². The number of hydrogen-bond donors (Lipinski definition) is 1. The van der Waals surface area contributed by atoms with E-state index in [0.717, 1.165) is 32.5 Å². The monoisotopic (exact) mass is 336 g/mol. The molecular weight excluding hydrogens is 312 g/mol. The number of pyridine rings is 1. The summed E-state index contributed by atoms with van der Waals surface area (Å²) in [6.07, 6.45) is 8.25. The lowest BCUT2D eigenvalue weighted by molar-refractivity contribution is 0.00634. The molecule has 3 rings (SSSR count). The Hall–Kier alpha value is -1.33. The Kier molecular flexibility index (Phi) is 4.78. The van der Waals surface area contributed by atoms with E-state index in [1.165, 1.54) is 18.4 Å². The summed E-state index contributed by atoms with van der Waals surface area (Å²) in [7, 11) is 3.57. The van der Waals surface area contributed by atoms with Gasteiger partial charge >= 0.3 is 6.03 Å². The van der Waals surface area contributed by atoms with Crippen LogP contribution in [0.2, 0.25) is 5.02 Å². The molecule has 1 aliphatic heterocycles. The molecule has 1 spiro atoms. The fourth-order valence-corrected chi connectivity index (χ4v) is 3.98. The van der Waals surface area contributed by atoms with Crippen molar-refractivity contribution in [3.8, 4) is 0 Å². The van der Waals surface area contributed by atoms with Crippen LogP contribution in [0.4, 0.5) is 4.79 Å². The Morgan fingerprint density at radius 2 is 2.09 bits per heavy atom. The molecule has 0 bridgehead atoms. The van der Waals surface area contributed by atoms with Gasteiger partial charge in [-0.1, -0.05) is 11.6 Å². The molecule has 1 aromatic heterocycles. The van der Waals surface area contributed by atoms with Gasteiger partial charge in [-0.3, -0.25) is 9.88 Å². The van der Waals surface area contributed by atoms with Crippen molar-refractivity contribution in [2.75, 3.05) is 27.2 Å². The summed E-state index contributed by atoms with van der Waals surface area (Å²) >= 11 is 6.00. The zero-order chi connectivity index (χ0) is 16.4. The van der Waals surface area contributed by atoms with Crippen LogP contribution in [0.5, 0.6) is 0 Å². The second kappa shape index (κ2) is 6.65. The Bertz CT molecular complexity index is 561. The smallest absolute Gasteiger partial charge is 0.317 e. The standard InChI is InChI=1S/C17H25ClN4O/c1-21(2)16(23)20-15-8-17(9-15)3-5-22(6-4-17)12-13-7-14(18)11-19-10-13/h7,10-11,15H,3-6,8-9,12H2,1-2H3,(H,20,23). The van der Waals surface area contributed by atoms with Crippen molar-refractivity contribution in [1.82, 2.24) is 20.1 Å². The van der Waals surface area contributed by atoms with Crippen molar-refractivity contribution in [3.63, 3.8) is 0 Å². The predicted octanol–water partition coefficient (Wildman–Crippen LogP) is 2.75. The van der Waals surface area contributed by atoms with E-state index in [0.29, 0.717) is 16.5 Å². The summed E-state index contributed by atoms with van der Waals surface area (Å²) in [5, 5.41) is 3.80. The zero-order valence-electron chi connectivity index (χ0n) is 13.9. The number of nitrogens with zero attached hydrogens (tertiary/aromatic N) is 3. The number of urea groups is 1. The lowest BCUT2D eigenvalue weighted by Crippen LogP contribution is -2.56. The Balaban J connectivity index is 1.44. The van der Waals surface area contributed by atoms with Crippen LogP contribution >= 0.6 is 11.6 Å². The van der Waals surface area contributed by atoms with Gasteiger partial charge < -0.3 is 10.2 Å². The average Bonchev–Trinajstić information content (AvgIpc) is 2.47. The van der Waals surface area contributed by atoms with Crippen LogP contribution in [0.15, 0.2) is 18.5 Å². The summed E-state index contributed by atoms with van der Waals surface area (Å²) in [4.78, 5) is 19.9. The molecule has 2 amide bonds. The number of amides is 2. The molecule has 1 saturated carbocycles. The SMILES string of the molecule is CN(C)C(=O)NC1CC2(CCN(Cc3cncc(Cl)c3)CC2)C1. The second-order valence-electron chi connectivity index (χ2n) is 7.24. The number of piperidine rings is 1. The van der Waals surface area contributed by atoms with Gasteiger partial charge in [-0.25, -0.2) is 4.79 Å². The van der Waals surface area contributed by atoms with E-state index >= 15 is 0 Å². The lowest BCUT2D eigenvalue weighted by atomic mass is 9.60. The van der Waals surface area contributed by atoms with Gasteiger partial charge in [-0.15, -0.1) is 0 Å². The first kappa shape index (κ1) is 16.5. The number of rotatable bonds is 3. The van der Waals surface area contributed by atoms with E-state index < -0.39 is 0 Å². The largest absolute Gasteiger partial charge is 0.335 e. The predicted molar refractivity (Wildman–Crippen MR) is 91.4 cm³/mol. The van der Waals surface area contributed by atoms with Gasteiger partial charge in [0.2, 0.25) is 0 Å². The first-order valence-electron chi connectivity index (χ1n) is 8.25. The molecule has 23 heavy (non-hydrogen) atoms. The molecule has 0 aromatic carbocycles. The van der Waals surface area contributed by atoms with Gasteiger partial charge in [0.15, 0.2) is 0 Å². The minimum Gasteiger partial charge on any atom is -0.335 e. The number of nitrogens with one attached hydrogen (secondary N) is 1. The molecule has 1 aromatic rings. The van der Waals surface area contributed by atoms with Crippen molar-refractivity contribution in [3.05, 3.63) is 29.0 Å². The van der Waals surface area contributed by atoms with Crippen molar-refractivity contribution < 1.29 is 4.79 Å². The van der Waals surface area contributed by atoms with Gasteiger partial charge in [0.05, 0.1) is 5.02 Å². The molecular formula is C17H25ClN4O. The molecule has 2 heterocycles. The molecule has 1 aliphatic carbocycles. The van der Waals surface area contributed by atoms with Gasteiger partial charge in [0, 0.05) is 39.1 Å². The van der Waals surface area contributed by atoms with Crippen LogP contribution in [0.25, 0.3) is 0 Å². The fraction of sp³-hybridized carbons (Fsp3) is 0.647. The van der Waals surface area contributed by atoms with E-state index in [4.69, 9.17) is 11.6 Å². The van der Waals surface area contributed by atoms with Crippen molar-refractivity contribution in [2.45, 2.75) is 38.3 Å². The maximum absolute atomic E-state index is 11.7. The molecule has 0 unspecified atom stereocenters. The van der Waals surface area contributed by atoms with Crippen LogP contribution in [0.1, 0.15) is 31.2 Å². The Morgan fingerprint density at radius 3 is 2.70 bits per heavy atom. The van der Waals surface area contributed by atoms with Gasteiger partial charge in [0.25, 0.3) is 0 Å². The second-order valence-corrected chi connectivity index (χ2v) is 7.67.